The van der Waals surface area contributed by atoms with E-state index in [9.17, 15) is 8.42 Å². The minimum Gasteiger partial charge on any atom is -0.385 e. The highest BCUT2D eigenvalue weighted by Gasteiger charge is 2.20. The van der Waals surface area contributed by atoms with Gasteiger partial charge in [0.1, 0.15) is 4.90 Å². The van der Waals surface area contributed by atoms with Crippen molar-refractivity contribution in [2.75, 3.05) is 13.7 Å². The van der Waals surface area contributed by atoms with Crippen molar-refractivity contribution < 1.29 is 13.2 Å². The number of pyridine rings is 1. The van der Waals surface area contributed by atoms with Gasteiger partial charge in [-0.05, 0) is 19.4 Å². The smallest absolute Gasteiger partial charge is 0.243 e. The van der Waals surface area contributed by atoms with Gasteiger partial charge in [-0.2, -0.15) is 0 Å². The summed E-state index contributed by atoms with van der Waals surface area (Å²) in [5, 5.41) is 0.159. The SMILES string of the molecule is COCCC(C)NS(=O)(=O)c1cnccc1Cl. The summed E-state index contributed by atoms with van der Waals surface area (Å²) in [5.74, 6) is 0. The first-order valence-electron chi connectivity index (χ1n) is 5.08. The second kappa shape index (κ2) is 6.30. The normalized spacial score (nSPS) is 13.6. The van der Waals surface area contributed by atoms with Crippen molar-refractivity contribution in [2.24, 2.45) is 0 Å². The zero-order chi connectivity index (χ0) is 12.9. The number of aromatic nitrogens is 1. The molecular formula is C10H15ClN2O3S. The first kappa shape index (κ1) is 14.4. The summed E-state index contributed by atoms with van der Waals surface area (Å²) < 4.78 is 31.3. The van der Waals surface area contributed by atoms with Crippen molar-refractivity contribution in [3.05, 3.63) is 23.5 Å². The van der Waals surface area contributed by atoms with Crippen molar-refractivity contribution in [2.45, 2.75) is 24.3 Å². The third kappa shape index (κ3) is 4.23. The van der Waals surface area contributed by atoms with E-state index < -0.39 is 10.0 Å². The minimum atomic E-state index is -3.62. The Morgan fingerprint density at radius 3 is 2.88 bits per heavy atom. The molecule has 1 aromatic rings. The maximum Gasteiger partial charge on any atom is 0.243 e. The van der Waals surface area contributed by atoms with Crippen LogP contribution in [0.3, 0.4) is 0 Å². The van der Waals surface area contributed by atoms with Crippen molar-refractivity contribution in [3.8, 4) is 0 Å². The summed E-state index contributed by atoms with van der Waals surface area (Å²) in [6, 6.07) is 1.21. The standard InChI is InChI=1S/C10H15ClN2O3S/c1-8(4-6-16-2)13-17(14,15)10-7-12-5-3-9(10)11/h3,5,7-8,13H,4,6H2,1-2H3. The molecule has 0 aliphatic carbocycles. The fourth-order valence-electron chi connectivity index (χ4n) is 1.24. The van der Waals surface area contributed by atoms with Crippen LogP contribution in [0.4, 0.5) is 0 Å². The highest BCUT2D eigenvalue weighted by molar-refractivity contribution is 7.89. The van der Waals surface area contributed by atoms with E-state index in [1.165, 1.54) is 18.5 Å². The summed E-state index contributed by atoms with van der Waals surface area (Å²) >= 11 is 5.81. The van der Waals surface area contributed by atoms with Crippen LogP contribution in [0.1, 0.15) is 13.3 Å². The number of methoxy groups -OCH3 is 1. The molecule has 0 saturated heterocycles. The van der Waals surface area contributed by atoms with Gasteiger partial charge in [0.2, 0.25) is 10.0 Å². The maximum atomic E-state index is 12.0. The topological polar surface area (TPSA) is 68.3 Å². The van der Waals surface area contributed by atoms with E-state index in [0.29, 0.717) is 13.0 Å². The van der Waals surface area contributed by atoms with Crippen molar-refractivity contribution in [3.63, 3.8) is 0 Å². The summed E-state index contributed by atoms with van der Waals surface area (Å²) in [4.78, 5) is 3.74. The number of sulfonamides is 1. The van der Waals surface area contributed by atoms with Crippen LogP contribution < -0.4 is 4.72 Å². The fourth-order valence-corrected chi connectivity index (χ4v) is 2.95. The van der Waals surface area contributed by atoms with Crippen LogP contribution >= 0.6 is 11.6 Å². The van der Waals surface area contributed by atoms with Gasteiger partial charge in [0.15, 0.2) is 0 Å². The van der Waals surface area contributed by atoms with Crippen LogP contribution in [0, 0.1) is 0 Å². The van der Waals surface area contributed by atoms with Gasteiger partial charge >= 0.3 is 0 Å². The quantitative estimate of drug-likeness (QED) is 0.855. The summed E-state index contributed by atoms with van der Waals surface area (Å²) in [6.45, 7) is 2.26. The van der Waals surface area contributed by atoms with Gasteiger partial charge in [0, 0.05) is 32.2 Å². The fraction of sp³-hybridized carbons (Fsp3) is 0.500. The number of halogens is 1. The number of nitrogens with zero attached hydrogens (tertiary/aromatic N) is 1. The van der Waals surface area contributed by atoms with Crippen molar-refractivity contribution >= 4 is 21.6 Å². The van der Waals surface area contributed by atoms with Crippen LogP contribution in [-0.4, -0.2) is 33.2 Å². The number of hydrogen-bond donors (Lipinski definition) is 1. The van der Waals surface area contributed by atoms with Crippen LogP contribution in [0.5, 0.6) is 0 Å². The molecule has 0 aromatic carbocycles. The van der Waals surface area contributed by atoms with E-state index >= 15 is 0 Å². The Balaban J connectivity index is 2.79. The lowest BCUT2D eigenvalue weighted by atomic mass is 10.3. The molecule has 0 amide bonds. The lowest BCUT2D eigenvalue weighted by Crippen LogP contribution is -2.33. The molecule has 5 nitrogen and oxygen atoms in total. The van der Waals surface area contributed by atoms with Gasteiger partial charge in [-0.1, -0.05) is 11.6 Å². The molecule has 1 atom stereocenters. The lowest BCUT2D eigenvalue weighted by molar-refractivity contribution is 0.188. The summed E-state index contributed by atoms with van der Waals surface area (Å²) in [7, 11) is -2.05. The van der Waals surface area contributed by atoms with Crippen molar-refractivity contribution in [1.29, 1.82) is 0 Å². The zero-order valence-corrected chi connectivity index (χ0v) is 11.3. The molecule has 0 fully saturated rings. The summed E-state index contributed by atoms with van der Waals surface area (Å²) in [5.41, 5.74) is 0. The molecular weight excluding hydrogens is 264 g/mol. The zero-order valence-electron chi connectivity index (χ0n) is 9.68. The second-order valence-electron chi connectivity index (χ2n) is 3.61. The predicted molar refractivity (Wildman–Crippen MR) is 65.5 cm³/mol. The number of ether oxygens (including phenoxy) is 1. The molecule has 96 valence electrons. The number of nitrogens with one attached hydrogen (secondary N) is 1. The summed E-state index contributed by atoms with van der Waals surface area (Å²) in [6.07, 6.45) is 3.26. The first-order valence-corrected chi connectivity index (χ1v) is 6.94. The monoisotopic (exact) mass is 278 g/mol. The molecule has 0 radical (unpaired) electrons. The Hall–Kier alpha value is -0.690. The van der Waals surface area contributed by atoms with Crippen molar-refractivity contribution in [1.82, 2.24) is 9.71 Å². The third-order valence-corrected chi connectivity index (χ3v) is 4.19. The molecule has 1 heterocycles. The minimum absolute atomic E-state index is 0.00839. The largest absolute Gasteiger partial charge is 0.385 e. The van der Waals surface area contributed by atoms with Gasteiger partial charge in [0.25, 0.3) is 0 Å². The van der Waals surface area contributed by atoms with Gasteiger partial charge < -0.3 is 4.74 Å². The molecule has 0 bridgehead atoms. The molecule has 0 spiro atoms. The molecule has 0 saturated carbocycles. The van der Waals surface area contributed by atoms with Crippen LogP contribution in [0.25, 0.3) is 0 Å². The van der Waals surface area contributed by atoms with E-state index in [1.54, 1.807) is 14.0 Å². The average molecular weight is 279 g/mol. The van der Waals surface area contributed by atoms with Gasteiger partial charge in [-0.3, -0.25) is 4.98 Å². The molecule has 0 aliphatic rings. The Bertz CT molecular complexity index is 464. The molecule has 1 aromatic heterocycles. The average Bonchev–Trinajstić information content (AvgIpc) is 2.26. The van der Waals surface area contributed by atoms with E-state index in [-0.39, 0.29) is 16.0 Å². The second-order valence-corrected chi connectivity index (χ2v) is 5.70. The lowest BCUT2D eigenvalue weighted by Gasteiger charge is -2.14. The molecule has 1 unspecified atom stereocenters. The number of rotatable bonds is 6. The van der Waals surface area contributed by atoms with Crippen LogP contribution in [0.15, 0.2) is 23.4 Å². The van der Waals surface area contributed by atoms with Gasteiger partial charge in [0.05, 0.1) is 5.02 Å². The van der Waals surface area contributed by atoms with E-state index in [1.807, 2.05) is 0 Å². The highest BCUT2D eigenvalue weighted by Crippen LogP contribution is 2.19. The Morgan fingerprint density at radius 1 is 1.59 bits per heavy atom. The molecule has 0 aliphatic heterocycles. The van der Waals surface area contributed by atoms with E-state index in [0.717, 1.165) is 0 Å². The highest BCUT2D eigenvalue weighted by atomic mass is 35.5. The van der Waals surface area contributed by atoms with Gasteiger partial charge in [-0.15, -0.1) is 0 Å². The first-order chi connectivity index (χ1) is 7.97. The maximum absolute atomic E-state index is 12.0. The van der Waals surface area contributed by atoms with E-state index in [2.05, 4.69) is 9.71 Å². The Labute approximate surface area is 106 Å². The van der Waals surface area contributed by atoms with E-state index in [4.69, 9.17) is 16.3 Å². The van der Waals surface area contributed by atoms with Crippen LogP contribution in [0.2, 0.25) is 5.02 Å². The molecule has 1 rings (SSSR count). The van der Waals surface area contributed by atoms with Crippen LogP contribution in [-0.2, 0) is 14.8 Å². The predicted octanol–water partition coefficient (Wildman–Crippen LogP) is 1.44. The molecule has 1 N–H and O–H groups in total. The third-order valence-electron chi connectivity index (χ3n) is 2.13. The Kier molecular flexibility index (Phi) is 5.32. The number of hydrogen-bond acceptors (Lipinski definition) is 4. The van der Waals surface area contributed by atoms with Gasteiger partial charge in [-0.25, -0.2) is 13.1 Å². The molecule has 7 heteroatoms. The molecule has 17 heavy (non-hydrogen) atoms. The Morgan fingerprint density at radius 2 is 2.29 bits per heavy atom.